The highest BCUT2D eigenvalue weighted by Gasteiger charge is 2.14. The predicted molar refractivity (Wildman–Crippen MR) is 99.6 cm³/mol. The van der Waals surface area contributed by atoms with Crippen LogP contribution in [0.4, 0.5) is 25.8 Å². The molecule has 1 aliphatic rings. The van der Waals surface area contributed by atoms with Crippen molar-refractivity contribution in [3.05, 3.63) is 54.1 Å². The summed E-state index contributed by atoms with van der Waals surface area (Å²) in [6.45, 7) is 3.77. The van der Waals surface area contributed by atoms with Gasteiger partial charge in [0.05, 0.1) is 6.54 Å². The van der Waals surface area contributed by atoms with Gasteiger partial charge in [-0.25, -0.2) is 8.78 Å². The summed E-state index contributed by atoms with van der Waals surface area (Å²) in [7, 11) is 2.11. The van der Waals surface area contributed by atoms with E-state index in [9.17, 15) is 13.6 Å². The van der Waals surface area contributed by atoms with Crippen molar-refractivity contribution >= 4 is 23.0 Å². The minimum Gasteiger partial charge on any atom is -0.371 e. The quantitative estimate of drug-likeness (QED) is 0.861. The van der Waals surface area contributed by atoms with E-state index in [0.29, 0.717) is 5.69 Å². The van der Waals surface area contributed by atoms with Crippen LogP contribution in [-0.4, -0.2) is 50.6 Å². The molecule has 0 aliphatic carbocycles. The summed E-state index contributed by atoms with van der Waals surface area (Å²) in [5.74, 6) is -1.83. The Kier molecular flexibility index (Phi) is 5.68. The standard InChI is InChI=1S/C19H22F2N4O/c1-24-9-11-25(12-10-24)15-7-5-14(6-8-15)23-18(26)13-22-19-16(20)3-2-4-17(19)21/h2-8,22H,9-13H2,1H3,(H,23,26). The minimum atomic E-state index is -0.727. The third-order valence-corrected chi connectivity index (χ3v) is 4.41. The number of carbonyl (C=O) groups excluding carboxylic acids is 1. The molecule has 2 N–H and O–H groups in total. The van der Waals surface area contributed by atoms with Crippen LogP contribution in [0.15, 0.2) is 42.5 Å². The zero-order chi connectivity index (χ0) is 18.5. The first-order chi connectivity index (χ1) is 12.5. The molecule has 2 aromatic rings. The third-order valence-electron chi connectivity index (χ3n) is 4.41. The van der Waals surface area contributed by atoms with Gasteiger partial charge < -0.3 is 20.4 Å². The first-order valence-electron chi connectivity index (χ1n) is 8.54. The molecule has 1 heterocycles. The number of hydrogen-bond acceptors (Lipinski definition) is 4. The number of nitrogens with zero attached hydrogens (tertiary/aromatic N) is 2. The normalized spacial score (nSPS) is 15.0. The molecular weight excluding hydrogens is 338 g/mol. The van der Waals surface area contributed by atoms with Crippen molar-refractivity contribution in [2.75, 3.05) is 55.3 Å². The number of nitrogens with one attached hydrogen (secondary N) is 2. The second-order valence-electron chi connectivity index (χ2n) is 6.34. The van der Waals surface area contributed by atoms with Crippen molar-refractivity contribution < 1.29 is 13.6 Å². The molecule has 0 radical (unpaired) electrons. The van der Waals surface area contributed by atoms with E-state index in [1.54, 1.807) is 0 Å². The van der Waals surface area contributed by atoms with Gasteiger partial charge in [0.2, 0.25) is 5.91 Å². The molecule has 26 heavy (non-hydrogen) atoms. The second kappa shape index (κ2) is 8.14. The first-order valence-corrected chi connectivity index (χ1v) is 8.54. The molecule has 138 valence electrons. The molecule has 1 amide bonds. The van der Waals surface area contributed by atoms with Crippen molar-refractivity contribution in [3.63, 3.8) is 0 Å². The van der Waals surface area contributed by atoms with Crippen LogP contribution in [0.2, 0.25) is 0 Å². The van der Waals surface area contributed by atoms with E-state index >= 15 is 0 Å². The van der Waals surface area contributed by atoms with E-state index in [1.165, 1.54) is 6.07 Å². The van der Waals surface area contributed by atoms with Crippen LogP contribution in [0.3, 0.4) is 0 Å². The van der Waals surface area contributed by atoms with Gasteiger partial charge in [-0.2, -0.15) is 0 Å². The lowest BCUT2D eigenvalue weighted by atomic mass is 10.2. The summed E-state index contributed by atoms with van der Waals surface area (Å²) >= 11 is 0. The topological polar surface area (TPSA) is 47.6 Å². The molecule has 0 spiro atoms. The maximum Gasteiger partial charge on any atom is 0.243 e. The lowest BCUT2D eigenvalue weighted by Gasteiger charge is -2.34. The number of carbonyl (C=O) groups is 1. The Hall–Kier alpha value is -2.67. The third kappa shape index (κ3) is 4.49. The van der Waals surface area contributed by atoms with Gasteiger partial charge in [0.15, 0.2) is 0 Å². The summed E-state index contributed by atoms with van der Waals surface area (Å²) < 4.78 is 27.1. The molecular formula is C19H22F2N4O. The summed E-state index contributed by atoms with van der Waals surface area (Å²) in [5, 5.41) is 5.21. The van der Waals surface area contributed by atoms with Gasteiger partial charge in [0.25, 0.3) is 0 Å². The van der Waals surface area contributed by atoms with Gasteiger partial charge in [0, 0.05) is 37.6 Å². The predicted octanol–water partition coefficient (Wildman–Crippen LogP) is 2.77. The Labute approximate surface area is 151 Å². The molecule has 0 unspecified atom stereocenters. The number of amides is 1. The van der Waals surface area contributed by atoms with Crippen molar-refractivity contribution in [1.82, 2.24) is 4.90 Å². The van der Waals surface area contributed by atoms with E-state index in [0.717, 1.165) is 44.0 Å². The van der Waals surface area contributed by atoms with Crippen molar-refractivity contribution in [1.29, 1.82) is 0 Å². The lowest BCUT2D eigenvalue weighted by molar-refractivity contribution is -0.114. The van der Waals surface area contributed by atoms with Crippen LogP contribution in [-0.2, 0) is 4.79 Å². The molecule has 5 nitrogen and oxygen atoms in total. The number of para-hydroxylation sites is 1. The number of hydrogen-bond donors (Lipinski definition) is 2. The van der Waals surface area contributed by atoms with Gasteiger partial charge in [-0.05, 0) is 43.4 Å². The molecule has 1 fully saturated rings. The van der Waals surface area contributed by atoms with Crippen LogP contribution in [0.5, 0.6) is 0 Å². The Balaban J connectivity index is 1.53. The number of anilines is 3. The van der Waals surface area contributed by atoms with E-state index in [-0.39, 0.29) is 18.1 Å². The number of likely N-dealkylation sites (N-methyl/N-ethyl adjacent to an activating group) is 1. The van der Waals surface area contributed by atoms with Gasteiger partial charge in [0.1, 0.15) is 17.3 Å². The van der Waals surface area contributed by atoms with Crippen LogP contribution in [0.25, 0.3) is 0 Å². The summed E-state index contributed by atoms with van der Waals surface area (Å²) in [6, 6.07) is 11.1. The van der Waals surface area contributed by atoms with Crippen LogP contribution in [0, 0.1) is 11.6 Å². The molecule has 3 rings (SSSR count). The highest BCUT2D eigenvalue weighted by molar-refractivity contribution is 5.93. The van der Waals surface area contributed by atoms with Crippen molar-refractivity contribution in [2.24, 2.45) is 0 Å². The van der Waals surface area contributed by atoms with Gasteiger partial charge in [-0.15, -0.1) is 0 Å². The minimum absolute atomic E-state index is 0.224. The van der Waals surface area contributed by atoms with Gasteiger partial charge in [-0.3, -0.25) is 4.79 Å². The molecule has 0 atom stereocenters. The zero-order valence-corrected chi connectivity index (χ0v) is 14.6. The molecule has 0 aromatic heterocycles. The molecule has 2 aromatic carbocycles. The number of halogens is 2. The largest absolute Gasteiger partial charge is 0.371 e. The number of benzene rings is 2. The van der Waals surface area contributed by atoms with Crippen molar-refractivity contribution in [2.45, 2.75) is 0 Å². The SMILES string of the molecule is CN1CCN(c2ccc(NC(=O)CNc3c(F)cccc3F)cc2)CC1. The summed E-state index contributed by atoms with van der Waals surface area (Å²) in [6.07, 6.45) is 0. The molecule has 1 aliphatic heterocycles. The molecule has 0 saturated carbocycles. The highest BCUT2D eigenvalue weighted by atomic mass is 19.1. The maximum atomic E-state index is 13.5. The first kappa shape index (κ1) is 18.1. The fourth-order valence-electron chi connectivity index (χ4n) is 2.86. The van der Waals surface area contributed by atoms with E-state index in [4.69, 9.17) is 0 Å². The zero-order valence-electron chi connectivity index (χ0n) is 14.6. The second-order valence-corrected chi connectivity index (χ2v) is 6.34. The number of rotatable bonds is 5. The van der Waals surface area contributed by atoms with Crippen LogP contribution >= 0.6 is 0 Å². The van der Waals surface area contributed by atoms with Crippen molar-refractivity contribution in [3.8, 4) is 0 Å². The Bertz CT molecular complexity index is 738. The van der Waals surface area contributed by atoms with Gasteiger partial charge >= 0.3 is 0 Å². The summed E-state index contributed by atoms with van der Waals surface area (Å²) in [5.41, 5.74) is 1.46. The Morgan fingerprint density at radius 2 is 1.62 bits per heavy atom. The number of piperazine rings is 1. The maximum absolute atomic E-state index is 13.5. The van der Waals surface area contributed by atoms with E-state index in [2.05, 4.69) is 27.5 Å². The summed E-state index contributed by atoms with van der Waals surface area (Å²) in [4.78, 5) is 16.6. The molecule has 0 bridgehead atoms. The molecule has 7 heteroatoms. The van der Waals surface area contributed by atoms with Gasteiger partial charge in [-0.1, -0.05) is 6.07 Å². The average Bonchev–Trinajstić information content (AvgIpc) is 2.63. The fourth-order valence-corrected chi connectivity index (χ4v) is 2.86. The van der Waals surface area contributed by atoms with E-state index < -0.39 is 11.6 Å². The van der Waals surface area contributed by atoms with Crippen LogP contribution < -0.4 is 15.5 Å². The highest BCUT2D eigenvalue weighted by Crippen LogP contribution is 2.20. The monoisotopic (exact) mass is 360 g/mol. The Morgan fingerprint density at radius 3 is 2.23 bits per heavy atom. The Morgan fingerprint density at radius 1 is 1.00 bits per heavy atom. The van der Waals surface area contributed by atoms with E-state index in [1.807, 2.05) is 24.3 Å². The fraction of sp³-hybridized carbons (Fsp3) is 0.316. The smallest absolute Gasteiger partial charge is 0.243 e. The average molecular weight is 360 g/mol. The lowest BCUT2D eigenvalue weighted by Crippen LogP contribution is -2.44. The molecule has 1 saturated heterocycles. The van der Waals surface area contributed by atoms with Crippen LogP contribution in [0.1, 0.15) is 0 Å².